The number of hydrogen-bond acceptors (Lipinski definition) is 4. The maximum Gasteiger partial charge on any atom is 0.314 e. The van der Waals surface area contributed by atoms with Gasteiger partial charge in [-0.25, -0.2) is 4.68 Å². The second-order valence-electron chi connectivity index (χ2n) is 9.32. The second-order valence-corrected chi connectivity index (χ2v) is 10.7. The van der Waals surface area contributed by atoms with Gasteiger partial charge >= 0.3 is 11.8 Å². The van der Waals surface area contributed by atoms with E-state index >= 15 is 0 Å². The number of anilines is 1. The van der Waals surface area contributed by atoms with Crippen LogP contribution in [0.2, 0.25) is 5.02 Å². The van der Waals surface area contributed by atoms with Crippen molar-refractivity contribution < 1.29 is 14.3 Å². The number of rotatable bonds is 6. The van der Waals surface area contributed by atoms with E-state index in [0.29, 0.717) is 33.5 Å². The number of ether oxygens (including phenoxy) is 1. The molecule has 0 atom stereocenters. The van der Waals surface area contributed by atoms with Gasteiger partial charge in [-0.15, -0.1) is 0 Å². The molecule has 0 saturated carbocycles. The highest BCUT2D eigenvalue weighted by molar-refractivity contribution is 9.10. The minimum absolute atomic E-state index is 0.0544. The first kappa shape index (κ1) is 28.2. The smallest absolute Gasteiger partial charge is 0.314 e. The molecule has 8 nitrogen and oxygen atoms in total. The molecule has 4 rings (SSSR count). The van der Waals surface area contributed by atoms with E-state index in [-0.39, 0.29) is 12.2 Å². The van der Waals surface area contributed by atoms with Crippen molar-refractivity contribution >= 4 is 45.0 Å². The van der Waals surface area contributed by atoms with Crippen LogP contribution in [0.4, 0.5) is 5.69 Å². The molecule has 0 aliphatic heterocycles. The van der Waals surface area contributed by atoms with Crippen LogP contribution >= 0.6 is 27.5 Å². The first-order valence-electron chi connectivity index (χ1n) is 12.1. The van der Waals surface area contributed by atoms with Crippen molar-refractivity contribution in [3.8, 4) is 17.2 Å². The number of nitrogens with one attached hydrogen (secondary N) is 1. The van der Waals surface area contributed by atoms with Crippen molar-refractivity contribution in [1.82, 2.24) is 14.3 Å². The van der Waals surface area contributed by atoms with Gasteiger partial charge in [0.15, 0.2) is 0 Å². The molecule has 0 radical (unpaired) electrons. The molecule has 0 aliphatic carbocycles. The Morgan fingerprint density at radius 1 is 1.05 bits per heavy atom. The molecule has 2 amide bonds. The topological polar surface area (TPSA) is 85.6 Å². The summed E-state index contributed by atoms with van der Waals surface area (Å²) in [6.07, 6.45) is 0. The molecule has 1 heterocycles. The van der Waals surface area contributed by atoms with Crippen LogP contribution in [-0.4, -0.2) is 33.1 Å². The Hall–Kier alpha value is -3.82. The molecule has 202 valence electrons. The average Bonchev–Trinajstić information content (AvgIpc) is 3.09. The molecule has 0 bridgehead atoms. The fraction of sp³-hybridized carbons (Fsp3) is 0.207. The molecule has 3 aromatic carbocycles. The number of carbonyl (C=O) groups is 2. The summed E-state index contributed by atoms with van der Waals surface area (Å²) < 4.78 is 9.95. The highest BCUT2D eigenvalue weighted by atomic mass is 79.9. The van der Waals surface area contributed by atoms with Gasteiger partial charge in [0.05, 0.1) is 11.4 Å². The van der Waals surface area contributed by atoms with Gasteiger partial charge in [-0.2, -0.15) is 0 Å². The Balaban J connectivity index is 1.55. The van der Waals surface area contributed by atoms with Crippen molar-refractivity contribution in [2.24, 2.45) is 7.05 Å². The summed E-state index contributed by atoms with van der Waals surface area (Å²) in [6, 6.07) is 18.2. The zero-order valence-electron chi connectivity index (χ0n) is 22.2. The van der Waals surface area contributed by atoms with Gasteiger partial charge in [-0.05, 0) is 68.3 Å². The summed E-state index contributed by atoms with van der Waals surface area (Å²) in [5.41, 5.74) is 3.44. The van der Waals surface area contributed by atoms with Crippen molar-refractivity contribution in [1.29, 1.82) is 0 Å². The van der Waals surface area contributed by atoms with E-state index in [2.05, 4.69) is 21.2 Å². The summed E-state index contributed by atoms with van der Waals surface area (Å²) in [5, 5.41) is 3.07. The van der Waals surface area contributed by atoms with Gasteiger partial charge in [-0.1, -0.05) is 51.8 Å². The highest BCUT2D eigenvalue weighted by Crippen LogP contribution is 2.31. The lowest BCUT2D eigenvalue weighted by atomic mass is 10.1. The quantitative estimate of drug-likeness (QED) is 0.275. The third-order valence-corrected chi connectivity index (χ3v) is 7.11. The van der Waals surface area contributed by atoms with Crippen LogP contribution in [-0.2, 0) is 23.2 Å². The summed E-state index contributed by atoms with van der Waals surface area (Å²) in [6.45, 7) is 5.66. The van der Waals surface area contributed by atoms with E-state index in [4.69, 9.17) is 16.3 Å². The van der Waals surface area contributed by atoms with Crippen LogP contribution in [0.25, 0.3) is 5.69 Å². The SMILES string of the molecule is Cc1ccc(C)c(-n2c(=O)c(NC(=O)C(=O)N(C)Cc3ccc(Br)cc3Oc3cccc(Cl)c3)c(C)n2C)c1. The summed E-state index contributed by atoms with van der Waals surface area (Å²) >= 11 is 9.52. The summed E-state index contributed by atoms with van der Waals surface area (Å²) in [7, 11) is 3.25. The van der Waals surface area contributed by atoms with Crippen molar-refractivity contribution in [3.63, 3.8) is 0 Å². The van der Waals surface area contributed by atoms with Gasteiger partial charge in [0.2, 0.25) is 0 Å². The first-order valence-corrected chi connectivity index (χ1v) is 13.3. The second kappa shape index (κ2) is 11.5. The summed E-state index contributed by atoms with van der Waals surface area (Å²) in [5.74, 6) is -0.673. The van der Waals surface area contributed by atoms with E-state index in [1.165, 1.54) is 16.6 Å². The third-order valence-electron chi connectivity index (χ3n) is 6.39. The van der Waals surface area contributed by atoms with Gasteiger partial charge in [-0.3, -0.25) is 19.1 Å². The van der Waals surface area contributed by atoms with Crippen LogP contribution in [0.3, 0.4) is 0 Å². The fourth-order valence-corrected chi connectivity index (χ4v) is 4.67. The molecule has 0 fully saturated rings. The normalized spacial score (nSPS) is 10.8. The fourth-order valence-electron chi connectivity index (χ4n) is 4.15. The molecule has 1 aromatic heterocycles. The van der Waals surface area contributed by atoms with Gasteiger partial charge in [0, 0.05) is 35.7 Å². The van der Waals surface area contributed by atoms with Crippen LogP contribution < -0.4 is 15.6 Å². The molecule has 0 aliphatic rings. The van der Waals surface area contributed by atoms with Crippen LogP contribution in [0.1, 0.15) is 22.4 Å². The van der Waals surface area contributed by atoms with E-state index in [0.717, 1.165) is 15.6 Å². The molecule has 1 N–H and O–H groups in total. The minimum Gasteiger partial charge on any atom is -0.457 e. The Labute approximate surface area is 239 Å². The van der Waals surface area contributed by atoms with E-state index in [9.17, 15) is 14.4 Å². The number of halogens is 2. The van der Waals surface area contributed by atoms with Gasteiger partial charge in [0.25, 0.3) is 5.56 Å². The molecular formula is C29H28BrClN4O4. The Bertz CT molecular complexity index is 1640. The van der Waals surface area contributed by atoms with Gasteiger partial charge < -0.3 is 15.0 Å². The largest absolute Gasteiger partial charge is 0.457 e. The van der Waals surface area contributed by atoms with Crippen LogP contribution in [0.15, 0.2) is 69.9 Å². The predicted molar refractivity (Wildman–Crippen MR) is 156 cm³/mol. The lowest BCUT2D eigenvalue weighted by Gasteiger charge is -2.19. The Morgan fingerprint density at radius 2 is 1.79 bits per heavy atom. The number of aromatic nitrogens is 2. The van der Waals surface area contributed by atoms with E-state index < -0.39 is 17.4 Å². The predicted octanol–water partition coefficient (Wildman–Crippen LogP) is 5.91. The lowest BCUT2D eigenvalue weighted by molar-refractivity contribution is -0.142. The van der Waals surface area contributed by atoms with Crippen LogP contribution in [0, 0.1) is 20.8 Å². The molecule has 0 saturated heterocycles. The number of likely N-dealkylation sites (N-methyl/N-ethyl adjacent to an activating group) is 1. The van der Waals surface area contributed by atoms with Crippen LogP contribution in [0.5, 0.6) is 11.5 Å². The maximum absolute atomic E-state index is 13.3. The number of amides is 2. The number of aryl methyl sites for hydroxylation is 2. The Kier molecular flexibility index (Phi) is 8.32. The number of carbonyl (C=O) groups excluding carboxylic acids is 2. The van der Waals surface area contributed by atoms with E-state index in [1.54, 1.807) is 55.1 Å². The Morgan fingerprint density at radius 3 is 2.51 bits per heavy atom. The van der Waals surface area contributed by atoms with Crippen molar-refractivity contribution in [3.05, 3.63) is 103 Å². The molecule has 0 spiro atoms. The zero-order chi connectivity index (χ0) is 28.4. The first-order chi connectivity index (χ1) is 18.5. The monoisotopic (exact) mass is 610 g/mol. The standard InChI is InChI=1S/C29H28BrClN4O4/c1-17-9-10-18(2)24(13-17)35-28(37)26(19(3)34(35)5)32-27(36)29(38)33(4)16-20-11-12-21(30)14-25(20)39-23-8-6-7-22(31)15-23/h6-15H,16H2,1-5H3,(H,32,36). The lowest BCUT2D eigenvalue weighted by Crippen LogP contribution is -2.37. The molecule has 10 heteroatoms. The number of hydrogen-bond donors (Lipinski definition) is 1. The number of nitrogens with zero attached hydrogens (tertiary/aromatic N) is 3. The minimum atomic E-state index is -0.911. The zero-order valence-corrected chi connectivity index (χ0v) is 24.6. The number of benzene rings is 3. The molecular weight excluding hydrogens is 584 g/mol. The molecule has 39 heavy (non-hydrogen) atoms. The van der Waals surface area contributed by atoms with Crippen molar-refractivity contribution in [2.45, 2.75) is 27.3 Å². The summed E-state index contributed by atoms with van der Waals surface area (Å²) in [4.78, 5) is 40.6. The maximum atomic E-state index is 13.3. The van der Waals surface area contributed by atoms with E-state index in [1.807, 2.05) is 38.1 Å². The third kappa shape index (κ3) is 6.10. The average molecular weight is 612 g/mol. The highest BCUT2D eigenvalue weighted by Gasteiger charge is 2.25. The van der Waals surface area contributed by atoms with Gasteiger partial charge in [0.1, 0.15) is 17.2 Å². The van der Waals surface area contributed by atoms with Crippen molar-refractivity contribution in [2.75, 3.05) is 12.4 Å². The molecule has 0 unspecified atom stereocenters. The molecule has 4 aromatic rings.